The summed E-state index contributed by atoms with van der Waals surface area (Å²) < 4.78 is 0. The minimum atomic E-state index is -0.811. The number of nitrogens with one attached hydrogen (secondary N) is 1. The molecule has 0 saturated carbocycles. The lowest BCUT2D eigenvalue weighted by Crippen LogP contribution is -2.59. The number of piperidine rings is 1. The summed E-state index contributed by atoms with van der Waals surface area (Å²) >= 11 is 0. The minimum Gasteiger partial charge on any atom is -0.481 e. The largest absolute Gasteiger partial charge is 0.481 e. The van der Waals surface area contributed by atoms with Crippen molar-refractivity contribution in [2.45, 2.75) is 25.8 Å². The number of amides is 2. The first kappa shape index (κ1) is 13.1. The van der Waals surface area contributed by atoms with Crippen molar-refractivity contribution in [1.82, 2.24) is 15.1 Å². The van der Waals surface area contributed by atoms with Gasteiger partial charge in [-0.2, -0.15) is 0 Å². The Morgan fingerprint density at radius 1 is 1.33 bits per heavy atom. The molecular weight excluding hydrogens is 234 g/mol. The molecule has 2 aliphatic rings. The van der Waals surface area contributed by atoms with E-state index in [4.69, 9.17) is 5.11 Å². The Balaban J connectivity index is 1.73. The second kappa shape index (κ2) is 5.56. The molecule has 1 atom stereocenters. The van der Waals surface area contributed by atoms with Gasteiger partial charge in [0.15, 0.2) is 0 Å². The Morgan fingerprint density at radius 2 is 2.06 bits per heavy atom. The molecule has 0 aromatic rings. The van der Waals surface area contributed by atoms with Crippen LogP contribution < -0.4 is 5.32 Å². The van der Waals surface area contributed by atoms with E-state index in [1.165, 1.54) is 0 Å². The fraction of sp³-hybridized carbons (Fsp3) is 0.833. The molecule has 2 saturated heterocycles. The molecule has 6 heteroatoms. The van der Waals surface area contributed by atoms with Gasteiger partial charge in [0, 0.05) is 25.7 Å². The van der Waals surface area contributed by atoms with Gasteiger partial charge in [0.05, 0.1) is 5.92 Å². The molecule has 0 radical (unpaired) electrons. The molecule has 2 amide bonds. The second-order valence-corrected chi connectivity index (χ2v) is 5.12. The standard InChI is InChI=1S/C12H21N3O3/c1-2-14-5-3-4-10(8-14)13-12(18)15-6-9(7-15)11(16)17/h9-10H,2-8H2,1H3,(H,13,18)(H,16,17). The molecule has 2 N–H and O–H groups in total. The van der Waals surface area contributed by atoms with E-state index in [2.05, 4.69) is 17.1 Å². The van der Waals surface area contributed by atoms with Crippen LogP contribution in [-0.4, -0.2) is 65.7 Å². The molecule has 0 spiro atoms. The molecule has 0 aromatic carbocycles. The molecule has 0 bridgehead atoms. The number of hydrogen-bond acceptors (Lipinski definition) is 3. The lowest BCUT2D eigenvalue weighted by molar-refractivity contribution is -0.146. The highest BCUT2D eigenvalue weighted by atomic mass is 16.4. The number of nitrogens with zero attached hydrogens (tertiary/aromatic N) is 2. The third-order valence-corrected chi connectivity index (χ3v) is 3.80. The van der Waals surface area contributed by atoms with Crippen molar-refractivity contribution >= 4 is 12.0 Å². The SMILES string of the molecule is CCN1CCCC(NC(=O)N2CC(C(=O)O)C2)C1. The van der Waals surface area contributed by atoms with Gasteiger partial charge < -0.3 is 20.2 Å². The lowest BCUT2D eigenvalue weighted by atomic mass is 10.0. The number of likely N-dealkylation sites (N-methyl/N-ethyl adjacent to an activating group) is 1. The number of carbonyl (C=O) groups is 2. The number of hydrogen-bond donors (Lipinski definition) is 2. The van der Waals surface area contributed by atoms with Crippen molar-refractivity contribution < 1.29 is 14.7 Å². The van der Waals surface area contributed by atoms with Crippen LogP contribution in [0.25, 0.3) is 0 Å². The third-order valence-electron chi connectivity index (χ3n) is 3.80. The normalized spacial score (nSPS) is 25.6. The van der Waals surface area contributed by atoms with Crippen LogP contribution in [0.2, 0.25) is 0 Å². The monoisotopic (exact) mass is 255 g/mol. The van der Waals surface area contributed by atoms with E-state index in [0.717, 1.165) is 32.5 Å². The average Bonchev–Trinajstić information content (AvgIpc) is 2.26. The van der Waals surface area contributed by atoms with E-state index < -0.39 is 5.97 Å². The summed E-state index contributed by atoms with van der Waals surface area (Å²) in [6, 6.07) is 0.0885. The Morgan fingerprint density at radius 3 is 2.67 bits per heavy atom. The number of carboxylic acids is 1. The molecule has 2 heterocycles. The number of rotatable bonds is 3. The number of aliphatic carboxylic acids is 1. The maximum Gasteiger partial charge on any atom is 0.317 e. The Hall–Kier alpha value is -1.30. The summed E-state index contributed by atoms with van der Waals surface area (Å²) in [5.74, 6) is -1.19. The average molecular weight is 255 g/mol. The van der Waals surface area contributed by atoms with Gasteiger partial charge in [0.1, 0.15) is 0 Å². The third kappa shape index (κ3) is 2.93. The van der Waals surface area contributed by atoms with E-state index in [1.54, 1.807) is 4.90 Å². The summed E-state index contributed by atoms with van der Waals surface area (Å²) in [6.07, 6.45) is 2.12. The van der Waals surface area contributed by atoms with E-state index in [9.17, 15) is 9.59 Å². The van der Waals surface area contributed by atoms with Crippen molar-refractivity contribution in [3.63, 3.8) is 0 Å². The fourth-order valence-electron chi connectivity index (χ4n) is 2.53. The molecular formula is C12H21N3O3. The van der Waals surface area contributed by atoms with Crippen LogP contribution in [-0.2, 0) is 4.79 Å². The van der Waals surface area contributed by atoms with Crippen LogP contribution in [0.5, 0.6) is 0 Å². The Bertz CT molecular complexity index is 329. The lowest BCUT2D eigenvalue weighted by Gasteiger charge is -2.39. The molecule has 2 rings (SSSR count). The zero-order chi connectivity index (χ0) is 13.1. The minimum absolute atomic E-state index is 0.115. The highest BCUT2D eigenvalue weighted by Gasteiger charge is 2.36. The molecule has 18 heavy (non-hydrogen) atoms. The topological polar surface area (TPSA) is 72.9 Å². The van der Waals surface area contributed by atoms with Crippen LogP contribution in [0.3, 0.4) is 0 Å². The van der Waals surface area contributed by atoms with Crippen molar-refractivity contribution in [3.8, 4) is 0 Å². The second-order valence-electron chi connectivity index (χ2n) is 5.12. The number of carbonyl (C=O) groups excluding carboxylic acids is 1. The summed E-state index contributed by atoms with van der Waals surface area (Å²) in [5, 5.41) is 11.8. The quantitative estimate of drug-likeness (QED) is 0.755. The van der Waals surface area contributed by atoms with Gasteiger partial charge in [0.25, 0.3) is 0 Å². The van der Waals surface area contributed by atoms with E-state index >= 15 is 0 Å². The van der Waals surface area contributed by atoms with Gasteiger partial charge >= 0.3 is 12.0 Å². The van der Waals surface area contributed by atoms with Gasteiger partial charge in [-0.15, -0.1) is 0 Å². The van der Waals surface area contributed by atoms with Crippen molar-refractivity contribution in [2.24, 2.45) is 5.92 Å². The van der Waals surface area contributed by atoms with Crippen molar-refractivity contribution in [1.29, 1.82) is 0 Å². The zero-order valence-corrected chi connectivity index (χ0v) is 10.8. The van der Waals surface area contributed by atoms with Crippen molar-refractivity contribution in [3.05, 3.63) is 0 Å². The molecule has 2 aliphatic heterocycles. The first-order chi connectivity index (χ1) is 8.60. The van der Waals surface area contributed by atoms with Crippen LogP contribution >= 0.6 is 0 Å². The molecule has 102 valence electrons. The van der Waals surface area contributed by atoms with Gasteiger partial charge in [-0.05, 0) is 25.9 Å². The number of likely N-dealkylation sites (tertiary alicyclic amines) is 2. The van der Waals surface area contributed by atoms with Gasteiger partial charge in [-0.3, -0.25) is 4.79 Å². The molecule has 1 unspecified atom stereocenters. The molecule has 2 fully saturated rings. The Labute approximate surface area is 107 Å². The smallest absolute Gasteiger partial charge is 0.317 e. The summed E-state index contributed by atoms with van der Waals surface area (Å²) in [7, 11) is 0. The van der Waals surface area contributed by atoms with E-state index in [1.807, 2.05) is 0 Å². The van der Waals surface area contributed by atoms with Crippen LogP contribution in [0.1, 0.15) is 19.8 Å². The van der Waals surface area contributed by atoms with E-state index in [0.29, 0.717) is 13.1 Å². The molecule has 0 aliphatic carbocycles. The number of urea groups is 1. The first-order valence-electron chi connectivity index (χ1n) is 6.60. The maximum absolute atomic E-state index is 11.9. The van der Waals surface area contributed by atoms with Crippen LogP contribution in [0.4, 0.5) is 4.79 Å². The highest BCUT2D eigenvalue weighted by molar-refractivity contribution is 5.79. The fourth-order valence-corrected chi connectivity index (χ4v) is 2.53. The Kier molecular flexibility index (Phi) is 4.06. The highest BCUT2D eigenvalue weighted by Crippen LogP contribution is 2.16. The van der Waals surface area contributed by atoms with Crippen molar-refractivity contribution in [2.75, 3.05) is 32.7 Å². The summed E-state index contributed by atoms with van der Waals surface area (Å²) in [5.41, 5.74) is 0. The molecule has 6 nitrogen and oxygen atoms in total. The number of carboxylic acid groups (broad SMARTS) is 1. The van der Waals surface area contributed by atoms with Crippen LogP contribution in [0, 0.1) is 5.92 Å². The van der Waals surface area contributed by atoms with Gasteiger partial charge in [-0.1, -0.05) is 6.92 Å². The summed E-state index contributed by atoms with van der Waals surface area (Å²) in [4.78, 5) is 26.4. The maximum atomic E-state index is 11.9. The zero-order valence-electron chi connectivity index (χ0n) is 10.8. The van der Waals surface area contributed by atoms with Gasteiger partial charge in [0.2, 0.25) is 0 Å². The van der Waals surface area contributed by atoms with E-state index in [-0.39, 0.29) is 18.0 Å². The predicted molar refractivity (Wildman–Crippen MR) is 66.4 cm³/mol. The van der Waals surface area contributed by atoms with Gasteiger partial charge in [-0.25, -0.2) is 4.79 Å². The predicted octanol–water partition coefficient (Wildman–Crippen LogP) is 0.197. The molecule has 0 aromatic heterocycles. The summed E-state index contributed by atoms with van der Waals surface area (Å²) in [6.45, 7) is 5.82. The first-order valence-corrected chi connectivity index (χ1v) is 6.60. The van der Waals surface area contributed by atoms with Crippen LogP contribution in [0.15, 0.2) is 0 Å².